The number of amides is 5. The summed E-state index contributed by atoms with van der Waals surface area (Å²) in [6.07, 6.45) is 0.185. The number of aromatic nitrogens is 2. The molecule has 9 rings (SSSR count). The van der Waals surface area contributed by atoms with Gasteiger partial charge in [-0.05, 0) is 86.4 Å². The number of hydrogen-bond donors (Lipinski definition) is 5. The lowest BCUT2D eigenvalue weighted by molar-refractivity contribution is -0.172. The van der Waals surface area contributed by atoms with E-state index in [1.54, 1.807) is 23.6 Å². The summed E-state index contributed by atoms with van der Waals surface area (Å²) in [5.41, 5.74) is 6.73. The largest absolute Gasteiger partial charge is 0.458 e. The number of aryl methyl sites for hydroxylation is 1. The lowest BCUT2D eigenvalue weighted by Gasteiger charge is -2.31. The molecular weight excluding hydrogens is 906 g/mol. The molecule has 358 valence electrons. The monoisotopic (exact) mass is 957 g/mol. The van der Waals surface area contributed by atoms with Crippen molar-refractivity contribution in [3.8, 4) is 22.5 Å². The second-order valence-corrected chi connectivity index (χ2v) is 18.5. The smallest absolute Gasteiger partial charge is 0.411 e. The van der Waals surface area contributed by atoms with E-state index < -0.39 is 65.2 Å². The molecule has 2 aromatic heterocycles. The van der Waals surface area contributed by atoms with Crippen LogP contribution in [0.1, 0.15) is 103 Å². The van der Waals surface area contributed by atoms with E-state index in [1.165, 1.54) is 20.9 Å². The van der Waals surface area contributed by atoms with Crippen molar-refractivity contribution in [3.63, 3.8) is 0 Å². The van der Waals surface area contributed by atoms with Gasteiger partial charge in [-0.2, -0.15) is 0 Å². The molecule has 17 nitrogen and oxygen atoms in total. The molecule has 0 unspecified atom stereocenters. The number of benzene rings is 3. The molecule has 0 bridgehead atoms. The Morgan fingerprint density at radius 1 is 0.971 bits per heavy atom. The average molecular weight is 958 g/mol. The third kappa shape index (κ3) is 8.26. The van der Waals surface area contributed by atoms with Gasteiger partial charge in [-0.25, -0.2) is 14.6 Å². The van der Waals surface area contributed by atoms with Gasteiger partial charge in [0.2, 0.25) is 23.6 Å². The van der Waals surface area contributed by atoms with E-state index in [2.05, 4.69) is 21.3 Å². The molecule has 5 N–H and O–H groups in total. The summed E-state index contributed by atoms with van der Waals surface area (Å²) < 4.78 is 12.7. The van der Waals surface area contributed by atoms with E-state index in [4.69, 9.17) is 26.1 Å². The number of aliphatic hydroxyl groups is 1. The Labute approximate surface area is 401 Å². The van der Waals surface area contributed by atoms with E-state index in [9.17, 15) is 38.7 Å². The lowest BCUT2D eigenvalue weighted by Crippen LogP contribution is -2.53. The summed E-state index contributed by atoms with van der Waals surface area (Å²) in [5, 5.41) is 23.8. The SMILES string of the molecule is CC[C@@]1(O)C(=O)OCc2c1cc1n(c2=O)Cc2c-1nc1cc(Cl)c(C)c3c1c2[C@@H](NC(=O)CCCNC(=O)CNC(=O)[C@H](C)NC(=O)[C@H](C)N(C)C(=O)OC1c2ccccc2-c2ccccc21)CC3. The first-order valence-electron chi connectivity index (χ1n) is 23.1. The van der Waals surface area contributed by atoms with Gasteiger partial charge in [0.05, 0.1) is 41.6 Å². The van der Waals surface area contributed by atoms with Gasteiger partial charge in [-0.3, -0.25) is 28.9 Å². The van der Waals surface area contributed by atoms with Crippen molar-refractivity contribution in [2.45, 2.75) is 103 Å². The van der Waals surface area contributed by atoms with Crippen LogP contribution in [0, 0.1) is 6.92 Å². The molecule has 0 fully saturated rings. The fourth-order valence-electron chi connectivity index (χ4n) is 9.98. The molecule has 18 heteroatoms. The van der Waals surface area contributed by atoms with E-state index in [0.29, 0.717) is 41.2 Å². The Hall–Kier alpha value is -7.11. The number of cyclic esters (lactones) is 1. The second-order valence-electron chi connectivity index (χ2n) is 18.1. The molecular formula is C51H52ClN7O10. The fraction of sp³-hybridized carbons (Fsp3) is 0.373. The standard InChI is InChI=1S/C51H52ClN7O10/c1-6-51(67)35-20-39-44-33(23-59(39)48(64)34(35)24-68-49(51)65)43-37(18-17-28-25(2)36(52)21-38(57-44)42(28)43)56-40(60)16-11-19-53-41(61)22-54-46(62)26(3)55-47(63)27(4)58(5)50(66)69-45-31-14-9-7-12-29(31)30-13-8-10-15-32(30)45/h7-10,12-15,20-21,26-27,37,45,67H,6,11,16-19,22-24H2,1-5H3,(H,53,61)(H,54,62)(H,55,63)(H,56,60)/t26-,27-,37-,51-/m0/s1. The number of likely N-dealkylation sites (N-methyl/N-ethyl adjacent to an activating group) is 1. The maximum Gasteiger partial charge on any atom is 0.411 e. The third-order valence-corrected chi connectivity index (χ3v) is 14.4. The number of carbonyl (C=O) groups excluding carboxylic acids is 6. The topological polar surface area (TPSA) is 227 Å². The normalized spacial score (nSPS) is 18.1. The van der Waals surface area contributed by atoms with Gasteiger partial charge in [0.25, 0.3) is 5.56 Å². The number of nitrogens with zero attached hydrogens (tertiary/aromatic N) is 3. The summed E-state index contributed by atoms with van der Waals surface area (Å²) in [7, 11) is 1.44. The van der Waals surface area contributed by atoms with E-state index in [-0.39, 0.29) is 56.1 Å². The Morgan fingerprint density at radius 3 is 2.36 bits per heavy atom. The van der Waals surface area contributed by atoms with Crippen molar-refractivity contribution >= 4 is 58.2 Å². The minimum Gasteiger partial charge on any atom is -0.458 e. The van der Waals surface area contributed by atoms with Crippen LogP contribution in [0.2, 0.25) is 5.02 Å². The van der Waals surface area contributed by atoms with Crippen LogP contribution < -0.4 is 26.8 Å². The molecule has 69 heavy (non-hydrogen) atoms. The van der Waals surface area contributed by atoms with Crippen LogP contribution in [-0.2, 0) is 58.6 Å². The van der Waals surface area contributed by atoms with E-state index in [0.717, 1.165) is 54.8 Å². The minimum atomic E-state index is -1.98. The van der Waals surface area contributed by atoms with Gasteiger partial charge in [0.15, 0.2) is 11.7 Å². The highest BCUT2D eigenvalue weighted by molar-refractivity contribution is 6.32. The van der Waals surface area contributed by atoms with Crippen LogP contribution in [-0.4, -0.2) is 87.5 Å². The van der Waals surface area contributed by atoms with Gasteiger partial charge in [0.1, 0.15) is 18.7 Å². The van der Waals surface area contributed by atoms with Crippen molar-refractivity contribution in [2.75, 3.05) is 20.1 Å². The first-order chi connectivity index (χ1) is 33.0. The van der Waals surface area contributed by atoms with Gasteiger partial charge in [0, 0.05) is 52.7 Å². The zero-order valence-electron chi connectivity index (χ0n) is 38.8. The highest BCUT2D eigenvalue weighted by atomic mass is 35.5. The van der Waals surface area contributed by atoms with Crippen LogP contribution in [0.15, 0.2) is 65.5 Å². The number of rotatable bonds is 13. The second kappa shape index (κ2) is 18.4. The number of carbonyl (C=O) groups is 6. The molecule has 0 saturated heterocycles. The van der Waals surface area contributed by atoms with Crippen LogP contribution >= 0.6 is 11.6 Å². The quantitative estimate of drug-likeness (QED) is 0.0774. The predicted octanol–water partition coefficient (Wildman–Crippen LogP) is 4.89. The van der Waals surface area contributed by atoms with E-state index in [1.807, 2.05) is 55.5 Å². The van der Waals surface area contributed by atoms with Gasteiger partial charge >= 0.3 is 12.1 Å². The number of halogens is 1. The van der Waals surface area contributed by atoms with E-state index >= 15 is 0 Å². The highest BCUT2D eigenvalue weighted by Crippen LogP contribution is 2.47. The fourth-order valence-corrected chi connectivity index (χ4v) is 10.2. The molecule has 4 heterocycles. The number of nitrogens with one attached hydrogen (secondary N) is 4. The number of esters is 1. The van der Waals surface area contributed by atoms with Crippen molar-refractivity contribution < 1.29 is 43.3 Å². The maximum atomic E-state index is 14.0. The Kier molecular flexibility index (Phi) is 12.5. The minimum absolute atomic E-state index is 0.00691. The highest BCUT2D eigenvalue weighted by Gasteiger charge is 2.46. The first kappa shape index (κ1) is 47.0. The van der Waals surface area contributed by atoms with Crippen LogP contribution in [0.4, 0.5) is 4.79 Å². The maximum absolute atomic E-state index is 14.0. The average Bonchev–Trinajstić information content (AvgIpc) is 3.87. The number of hydrogen-bond acceptors (Lipinski definition) is 11. The predicted molar refractivity (Wildman–Crippen MR) is 254 cm³/mol. The Balaban J connectivity index is 0.771. The number of pyridine rings is 2. The Bertz CT molecular complexity index is 3030. The first-order valence-corrected chi connectivity index (χ1v) is 23.5. The van der Waals surface area contributed by atoms with Gasteiger partial charge in [-0.1, -0.05) is 67.1 Å². The summed E-state index contributed by atoms with van der Waals surface area (Å²) in [6, 6.07) is 16.3. The Morgan fingerprint density at radius 2 is 1.67 bits per heavy atom. The molecule has 4 atom stereocenters. The van der Waals surface area contributed by atoms with Crippen molar-refractivity contribution in [1.29, 1.82) is 0 Å². The van der Waals surface area contributed by atoms with Gasteiger partial charge < -0.3 is 40.4 Å². The molecule has 4 aliphatic rings. The lowest BCUT2D eigenvalue weighted by atomic mass is 9.81. The van der Waals surface area contributed by atoms with Crippen LogP contribution in [0.5, 0.6) is 0 Å². The molecule has 5 amide bonds. The summed E-state index contributed by atoms with van der Waals surface area (Å²) in [4.78, 5) is 98.5. The summed E-state index contributed by atoms with van der Waals surface area (Å²) in [6.45, 7) is 6.24. The van der Waals surface area contributed by atoms with Crippen LogP contribution in [0.25, 0.3) is 33.4 Å². The summed E-state index contributed by atoms with van der Waals surface area (Å²) in [5.74, 6) is -2.77. The molecule has 3 aromatic carbocycles. The van der Waals surface area contributed by atoms with Gasteiger partial charge in [-0.15, -0.1) is 0 Å². The molecule has 5 aromatic rings. The zero-order valence-corrected chi connectivity index (χ0v) is 39.5. The molecule has 2 aliphatic heterocycles. The molecule has 2 aliphatic carbocycles. The summed E-state index contributed by atoms with van der Waals surface area (Å²) >= 11 is 6.71. The van der Waals surface area contributed by atoms with Crippen molar-refractivity contribution in [1.82, 2.24) is 35.7 Å². The number of ether oxygens (including phenoxy) is 2. The van der Waals surface area contributed by atoms with Crippen LogP contribution in [0.3, 0.4) is 0 Å². The van der Waals surface area contributed by atoms with Crippen molar-refractivity contribution in [2.24, 2.45) is 0 Å². The third-order valence-electron chi connectivity index (χ3n) is 14.0. The van der Waals surface area contributed by atoms with Crippen molar-refractivity contribution in [3.05, 3.63) is 121 Å². The number of fused-ring (bicyclic) bond motifs is 8. The zero-order chi connectivity index (χ0) is 49.1. The molecule has 0 spiro atoms. The molecule has 0 radical (unpaired) electrons. The molecule has 0 saturated carbocycles.